The van der Waals surface area contributed by atoms with E-state index in [1.165, 1.54) is 0 Å². The number of rotatable bonds is 5. The molecule has 136 valence electrons. The lowest BCUT2D eigenvalue weighted by molar-refractivity contribution is -0.120. The van der Waals surface area contributed by atoms with Gasteiger partial charge in [-0.25, -0.2) is 4.98 Å². The Kier molecular flexibility index (Phi) is 3.88. The standard InChI is InChI=1S/C20H23N3O3/c1-3-19(2,21)18(24)23-13-7-8-16(22-11-13)26-15-6-4-5-14-17(15)20(9-10-20)12-25-14/h4-8,11H,3,9-10,12,21H2,1-2H3,(H,23,24)/t19-/m1/s1. The molecule has 2 heterocycles. The number of benzene rings is 1. The zero-order chi connectivity index (χ0) is 18.4. The van der Waals surface area contributed by atoms with Gasteiger partial charge in [0.1, 0.15) is 11.5 Å². The normalized spacial score (nSPS) is 18.6. The molecule has 0 radical (unpaired) electrons. The van der Waals surface area contributed by atoms with Crippen LogP contribution in [-0.4, -0.2) is 23.0 Å². The third kappa shape index (κ3) is 2.90. The van der Waals surface area contributed by atoms with Crippen LogP contribution in [0.25, 0.3) is 0 Å². The van der Waals surface area contributed by atoms with Crippen LogP contribution in [0.15, 0.2) is 36.5 Å². The summed E-state index contributed by atoms with van der Waals surface area (Å²) in [6, 6.07) is 9.37. The van der Waals surface area contributed by atoms with E-state index >= 15 is 0 Å². The van der Waals surface area contributed by atoms with Gasteiger partial charge < -0.3 is 20.5 Å². The minimum absolute atomic E-state index is 0.131. The molecule has 1 amide bonds. The Hall–Kier alpha value is -2.60. The van der Waals surface area contributed by atoms with Crippen molar-refractivity contribution in [2.24, 2.45) is 5.73 Å². The molecule has 0 unspecified atom stereocenters. The second-order valence-electron chi connectivity index (χ2n) is 7.41. The molecule has 1 spiro atoms. The molecule has 1 aliphatic heterocycles. The minimum atomic E-state index is -0.904. The fourth-order valence-corrected chi connectivity index (χ4v) is 3.13. The van der Waals surface area contributed by atoms with Gasteiger partial charge in [-0.1, -0.05) is 13.0 Å². The molecule has 3 N–H and O–H groups in total. The van der Waals surface area contributed by atoms with Crippen molar-refractivity contribution in [1.29, 1.82) is 0 Å². The van der Waals surface area contributed by atoms with E-state index in [4.69, 9.17) is 15.2 Å². The number of hydrogen-bond acceptors (Lipinski definition) is 5. The van der Waals surface area contributed by atoms with Crippen molar-refractivity contribution >= 4 is 11.6 Å². The van der Waals surface area contributed by atoms with Gasteiger partial charge in [-0.15, -0.1) is 0 Å². The van der Waals surface area contributed by atoms with Gasteiger partial charge in [0.15, 0.2) is 0 Å². The minimum Gasteiger partial charge on any atom is -0.492 e. The van der Waals surface area contributed by atoms with Crippen LogP contribution < -0.4 is 20.5 Å². The average Bonchev–Trinajstić information content (AvgIpc) is 3.32. The lowest BCUT2D eigenvalue weighted by atomic mass is 9.97. The molecule has 2 aromatic rings. The Morgan fingerprint density at radius 1 is 1.38 bits per heavy atom. The van der Waals surface area contributed by atoms with Gasteiger partial charge in [-0.2, -0.15) is 0 Å². The maximum atomic E-state index is 12.1. The van der Waals surface area contributed by atoms with E-state index in [0.29, 0.717) is 18.0 Å². The fourth-order valence-electron chi connectivity index (χ4n) is 3.13. The SMILES string of the molecule is CC[C@@](C)(N)C(=O)Nc1ccc(Oc2cccc3c2C2(CC2)CO3)nc1. The van der Waals surface area contributed by atoms with Gasteiger partial charge >= 0.3 is 0 Å². The molecule has 1 aromatic heterocycles. The molecule has 6 heteroatoms. The summed E-state index contributed by atoms with van der Waals surface area (Å²) in [5.74, 6) is 1.95. The first-order valence-corrected chi connectivity index (χ1v) is 8.94. The largest absolute Gasteiger partial charge is 0.492 e. The lowest BCUT2D eigenvalue weighted by Gasteiger charge is -2.21. The third-order valence-electron chi connectivity index (χ3n) is 5.34. The molecule has 0 bridgehead atoms. The molecule has 1 atom stereocenters. The molecule has 1 saturated carbocycles. The quantitative estimate of drug-likeness (QED) is 0.861. The summed E-state index contributed by atoms with van der Waals surface area (Å²) >= 11 is 0. The molecule has 0 saturated heterocycles. The number of hydrogen-bond donors (Lipinski definition) is 2. The predicted octanol–water partition coefficient (Wildman–Crippen LogP) is 3.36. The zero-order valence-corrected chi connectivity index (χ0v) is 15.0. The monoisotopic (exact) mass is 353 g/mol. The summed E-state index contributed by atoms with van der Waals surface area (Å²) in [6.45, 7) is 4.32. The maximum Gasteiger partial charge on any atom is 0.244 e. The first-order valence-electron chi connectivity index (χ1n) is 8.94. The van der Waals surface area contributed by atoms with Crippen molar-refractivity contribution in [1.82, 2.24) is 4.98 Å². The molecule has 6 nitrogen and oxygen atoms in total. The van der Waals surface area contributed by atoms with Crippen molar-refractivity contribution < 1.29 is 14.3 Å². The van der Waals surface area contributed by atoms with Gasteiger partial charge in [0.05, 0.1) is 24.0 Å². The van der Waals surface area contributed by atoms with Gasteiger partial charge in [0.2, 0.25) is 11.8 Å². The number of anilines is 1. The summed E-state index contributed by atoms with van der Waals surface area (Å²) in [6.07, 6.45) is 4.39. The topological polar surface area (TPSA) is 86.5 Å². The third-order valence-corrected chi connectivity index (χ3v) is 5.34. The van der Waals surface area contributed by atoms with Crippen molar-refractivity contribution in [2.75, 3.05) is 11.9 Å². The molecule has 4 rings (SSSR count). The highest BCUT2D eigenvalue weighted by atomic mass is 16.5. The van der Waals surface area contributed by atoms with E-state index in [9.17, 15) is 4.79 Å². The van der Waals surface area contributed by atoms with Crippen molar-refractivity contribution in [3.8, 4) is 17.4 Å². The van der Waals surface area contributed by atoms with E-state index in [2.05, 4.69) is 10.3 Å². The number of nitrogens with zero attached hydrogens (tertiary/aromatic N) is 1. The average molecular weight is 353 g/mol. The van der Waals surface area contributed by atoms with Crippen molar-refractivity contribution in [3.05, 3.63) is 42.1 Å². The number of carbonyl (C=O) groups is 1. The first-order chi connectivity index (χ1) is 12.4. The van der Waals surface area contributed by atoms with Gasteiger partial charge in [-0.3, -0.25) is 4.79 Å². The van der Waals surface area contributed by atoms with Crippen molar-refractivity contribution in [2.45, 2.75) is 44.1 Å². The highest BCUT2D eigenvalue weighted by Gasteiger charge is 2.52. The zero-order valence-electron chi connectivity index (χ0n) is 15.0. The summed E-state index contributed by atoms with van der Waals surface area (Å²) in [5.41, 5.74) is 6.92. The van der Waals surface area contributed by atoms with Crippen LogP contribution in [0, 0.1) is 0 Å². The van der Waals surface area contributed by atoms with E-state index < -0.39 is 5.54 Å². The van der Waals surface area contributed by atoms with Crippen LogP contribution in [0.1, 0.15) is 38.7 Å². The maximum absolute atomic E-state index is 12.1. The smallest absolute Gasteiger partial charge is 0.244 e. The molecular weight excluding hydrogens is 330 g/mol. The Morgan fingerprint density at radius 3 is 2.85 bits per heavy atom. The number of amides is 1. The number of nitrogens with two attached hydrogens (primary N) is 1. The Morgan fingerprint density at radius 2 is 2.19 bits per heavy atom. The molecule has 2 aliphatic rings. The van der Waals surface area contributed by atoms with Crippen LogP contribution >= 0.6 is 0 Å². The van der Waals surface area contributed by atoms with E-state index in [-0.39, 0.29) is 11.3 Å². The Labute approximate surface area is 152 Å². The van der Waals surface area contributed by atoms with E-state index in [0.717, 1.165) is 36.5 Å². The Bertz CT molecular complexity index is 842. The lowest BCUT2D eigenvalue weighted by Crippen LogP contribution is -2.47. The second-order valence-corrected chi connectivity index (χ2v) is 7.41. The summed E-state index contributed by atoms with van der Waals surface area (Å²) in [7, 11) is 0. The number of ether oxygens (including phenoxy) is 2. The van der Waals surface area contributed by atoms with Crippen LogP contribution in [0.5, 0.6) is 17.4 Å². The van der Waals surface area contributed by atoms with Crippen molar-refractivity contribution in [3.63, 3.8) is 0 Å². The highest BCUT2D eigenvalue weighted by Crippen LogP contribution is 2.58. The van der Waals surface area contributed by atoms with E-state index in [1.807, 2.05) is 25.1 Å². The molecule has 26 heavy (non-hydrogen) atoms. The highest BCUT2D eigenvalue weighted by molar-refractivity contribution is 5.97. The molecule has 1 aromatic carbocycles. The van der Waals surface area contributed by atoms with Gasteiger partial charge in [0.25, 0.3) is 0 Å². The summed E-state index contributed by atoms with van der Waals surface area (Å²) < 4.78 is 11.8. The molecule has 1 fully saturated rings. The number of carbonyl (C=O) groups excluding carboxylic acids is 1. The summed E-state index contributed by atoms with van der Waals surface area (Å²) in [5, 5.41) is 2.79. The number of fused-ring (bicyclic) bond motifs is 2. The summed E-state index contributed by atoms with van der Waals surface area (Å²) in [4.78, 5) is 16.4. The second kappa shape index (κ2) is 5.99. The van der Waals surface area contributed by atoms with Crippen LogP contribution in [0.3, 0.4) is 0 Å². The van der Waals surface area contributed by atoms with Crippen LogP contribution in [0.4, 0.5) is 5.69 Å². The number of aromatic nitrogens is 1. The predicted molar refractivity (Wildman–Crippen MR) is 98.7 cm³/mol. The first kappa shape index (κ1) is 16.8. The van der Waals surface area contributed by atoms with Gasteiger partial charge in [0, 0.05) is 17.0 Å². The fraction of sp³-hybridized carbons (Fsp3) is 0.400. The number of pyridine rings is 1. The van der Waals surface area contributed by atoms with Crippen LogP contribution in [0.2, 0.25) is 0 Å². The van der Waals surface area contributed by atoms with Gasteiger partial charge in [-0.05, 0) is 44.4 Å². The molecular formula is C20H23N3O3. The molecule has 1 aliphatic carbocycles. The Balaban J connectivity index is 1.50. The number of nitrogens with one attached hydrogen (secondary N) is 1. The van der Waals surface area contributed by atoms with Crippen LogP contribution in [-0.2, 0) is 10.2 Å². The van der Waals surface area contributed by atoms with E-state index in [1.54, 1.807) is 25.3 Å².